The van der Waals surface area contributed by atoms with Gasteiger partial charge in [0.05, 0.1) is 18.7 Å². The standard InChI is InChI=1S/C34H44BN3O3/c1-7-10-15-28(14-8-2)34(40)30-24-32(41-26(4)5)31(39)25-38(22-13-21-37(6)23-20-36-9-3)33(30)27-16-11-18-29(35)19-12-17-27/h3,7-8,10-11,14-15,17-20,23-24,26,32-33,36H,12-13,16,21-22,25H2,1-2,4-6H3/b10-7-,14-8-,18-11?,23-20-,27-17+,28-15+,29-19?. The van der Waals surface area contributed by atoms with Gasteiger partial charge in [0, 0.05) is 49.7 Å². The number of carbonyl (C=O) groups excluding carboxylic acids is 2. The van der Waals surface area contributed by atoms with Gasteiger partial charge < -0.3 is 15.0 Å². The van der Waals surface area contributed by atoms with Gasteiger partial charge in [-0.3, -0.25) is 14.5 Å². The lowest BCUT2D eigenvalue weighted by molar-refractivity contribution is -0.130. The van der Waals surface area contributed by atoms with Crippen LogP contribution in [0.3, 0.4) is 0 Å². The fraction of sp³-hybridized carbons (Fsp3) is 0.412. The molecule has 6 nitrogen and oxygen atoms in total. The van der Waals surface area contributed by atoms with E-state index >= 15 is 0 Å². The summed E-state index contributed by atoms with van der Waals surface area (Å²) < 4.78 is 6.07. The molecule has 0 amide bonds. The van der Waals surface area contributed by atoms with Crippen molar-refractivity contribution >= 4 is 19.4 Å². The molecule has 0 fully saturated rings. The number of nitrogens with zero attached hydrogens (tertiary/aromatic N) is 2. The summed E-state index contributed by atoms with van der Waals surface area (Å²) in [5, 5.41) is 2.72. The Morgan fingerprint density at radius 3 is 2.78 bits per heavy atom. The van der Waals surface area contributed by atoms with Gasteiger partial charge in [-0.2, -0.15) is 0 Å². The summed E-state index contributed by atoms with van der Waals surface area (Å²) in [6, 6.07) is 1.97. The van der Waals surface area contributed by atoms with Crippen LogP contribution in [-0.4, -0.2) is 74.1 Å². The van der Waals surface area contributed by atoms with Crippen LogP contribution >= 0.6 is 0 Å². The second-order valence-electron chi connectivity index (χ2n) is 10.3. The summed E-state index contributed by atoms with van der Waals surface area (Å²) in [7, 11) is 8.02. The highest BCUT2D eigenvalue weighted by Gasteiger charge is 2.37. The van der Waals surface area contributed by atoms with Crippen LogP contribution in [0.15, 0.2) is 95.4 Å². The molecule has 1 N–H and O–H groups in total. The van der Waals surface area contributed by atoms with Gasteiger partial charge in [0.2, 0.25) is 0 Å². The minimum Gasteiger partial charge on any atom is -0.379 e. The third-order valence-electron chi connectivity index (χ3n) is 6.63. The van der Waals surface area contributed by atoms with E-state index in [2.05, 4.69) is 22.3 Å². The van der Waals surface area contributed by atoms with E-state index in [-0.39, 0.29) is 24.2 Å². The Balaban J connectivity index is 2.62. The zero-order valence-electron chi connectivity index (χ0n) is 25.2. The number of terminal acetylenes is 1. The Morgan fingerprint density at radius 2 is 2.10 bits per heavy atom. The maximum Gasteiger partial charge on any atom is 0.190 e. The number of nitrogens with one attached hydrogen (secondary N) is 1. The first-order valence-electron chi connectivity index (χ1n) is 14.2. The zero-order valence-corrected chi connectivity index (χ0v) is 25.2. The van der Waals surface area contributed by atoms with E-state index in [1.165, 1.54) is 0 Å². The maximum atomic E-state index is 14.3. The molecule has 1 aliphatic heterocycles. The molecule has 0 aromatic heterocycles. The van der Waals surface area contributed by atoms with E-state index in [9.17, 15) is 9.59 Å². The van der Waals surface area contributed by atoms with Gasteiger partial charge in [0.1, 0.15) is 14.0 Å². The Kier molecular flexibility index (Phi) is 14.7. The van der Waals surface area contributed by atoms with Crippen molar-refractivity contribution in [1.82, 2.24) is 15.1 Å². The highest BCUT2D eigenvalue weighted by molar-refractivity contribution is 6.23. The summed E-state index contributed by atoms with van der Waals surface area (Å²) in [5.41, 5.74) is 2.88. The second kappa shape index (κ2) is 18.0. The van der Waals surface area contributed by atoms with Crippen molar-refractivity contribution in [1.29, 1.82) is 0 Å². The summed E-state index contributed by atoms with van der Waals surface area (Å²) >= 11 is 0. The van der Waals surface area contributed by atoms with Gasteiger partial charge in [-0.05, 0) is 58.6 Å². The molecule has 1 aliphatic carbocycles. The molecule has 0 saturated carbocycles. The van der Waals surface area contributed by atoms with Crippen LogP contribution in [0.4, 0.5) is 0 Å². The Labute approximate surface area is 248 Å². The lowest BCUT2D eigenvalue weighted by atomic mass is 9.85. The Morgan fingerprint density at radius 1 is 1.32 bits per heavy atom. The van der Waals surface area contributed by atoms with Crippen LogP contribution in [0.1, 0.15) is 47.0 Å². The first-order chi connectivity index (χ1) is 19.7. The molecule has 0 spiro atoms. The average Bonchev–Trinajstić information content (AvgIpc) is 3.04. The molecule has 2 unspecified atom stereocenters. The number of ether oxygens (including phenoxy) is 1. The molecular formula is C34H44BN3O3. The van der Waals surface area contributed by atoms with Crippen molar-refractivity contribution in [2.45, 2.75) is 65.2 Å². The van der Waals surface area contributed by atoms with Gasteiger partial charge in [-0.25, -0.2) is 0 Å². The summed E-state index contributed by atoms with van der Waals surface area (Å²) in [5.74, 6) is -0.181. The van der Waals surface area contributed by atoms with Crippen LogP contribution in [0, 0.1) is 12.5 Å². The van der Waals surface area contributed by atoms with Crippen LogP contribution in [0.5, 0.6) is 0 Å². The fourth-order valence-corrected chi connectivity index (χ4v) is 4.79. The smallest absolute Gasteiger partial charge is 0.190 e. The number of Topliss-reactive ketones (excluding diaryl/α,β-unsaturated/α-hetero) is 2. The minimum absolute atomic E-state index is 0.0610. The van der Waals surface area contributed by atoms with Crippen LogP contribution in [-0.2, 0) is 14.3 Å². The fourth-order valence-electron chi connectivity index (χ4n) is 4.79. The molecule has 2 radical (unpaired) electrons. The van der Waals surface area contributed by atoms with Gasteiger partial charge in [-0.1, -0.05) is 61.1 Å². The van der Waals surface area contributed by atoms with Crippen molar-refractivity contribution in [3.63, 3.8) is 0 Å². The van der Waals surface area contributed by atoms with Gasteiger partial charge in [-0.15, -0.1) is 5.47 Å². The number of ketones is 2. The lowest BCUT2D eigenvalue weighted by Gasteiger charge is -2.34. The minimum atomic E-state index is -0.810. The molecule has 41 heavy (non-hydrogen) atoms. The predicted octanol–water partition coefficient (Wildman–Crippen LogP) is 4.91. The van der Waals surface area contributed by atoms with Crippen LogP contribution in [0.25, 0.3) is 0 Å². The number of hydrogen-bond acceptors (Lipinski definition) is 6. The molecule has 216 valence electrons. The summed E-state index contributed by atoms with van der Waals surface area (Å²) in [6.45, 7) is 9.11. The van der Waals surface area contributed by atoms with E-state index in [4.69, 9.17) is 19.0 Å². The largest absolute Gasteiger partial charge is 0.379 e. The van der Waals surface area contributed by atoms with Crippen LogP contribution in [0.2, 0.25) is 0 Å². The Bertz CT molecular complexity index is 1190. The highest BCUT2D eigenvalue weighted by Crippen LogP contribution is 2.31. The van der Waals surface area contributed by atoms with Crippen molar-refractivity contribution < 1.29 is 14.3 Å². The normalized spacial score (nSPS) is 22.2. The maximum absolute atomic E-state index is 14.3. The first-order valence-corrected chi connectivity index (χ1v) is 14.2. The van der Waals surface area contributed by atoms with E-state index in [0.717, 1.165) is 18.5 Å². The summed E-state index contributed by atoms with van der Waals surface area (Å²) in [6.07, 6.45) is 28.9. The van der Waals surface area contributed by atoms with E-state index in [0.29, 0.717) is 36.0 Å². The average molecular weight is 554 g/mol. The Hall–Kier alpha value is -3.60. The lowest BCUT2D eigenvalue weighted by Crippen LogP contribution is -2.43. The number of hydrogen-bond donors (Lipinski definition) is 1. The van der Waals surface area contributed by atoms with Crippen molar-refractivity contribution in [2.75, 3.05) is 26.7 Å². The van der Waals surface area contributed by atoms with E-state index in [1.54, 1.807) is 12.3 Å². The topological polar surface area (TPSA) is 61.9 Å². The molecular weight excluding hydrogens is 509 g/mol. The van der Waals surface area contributed by atoms with Gasteiger partial charge in [0.15, 0.2) is 11.6 Å². The van der Waals surface area contributed by atoms with Gasteiger partial charge in [0.25, 0.3) is 0 Å². The van der Waals surface area contributed by atoms with Crippen molar-refractivity contribution in [3.05, 3.63) is 95.4 Å². The van der Waals surface area contributed by atoms with E-state index < -0.39 is 12.1 Å². The number of carbonyl (C=O) groups is 2. The number of rotatable bonds is 13. The first kappa shape index (κ1) is 33.6. The summed E-state index contributed by atoms with van der Waals surface area (Å²) in [4.78, 5) is 32.0. The van der Waals surface area contributed by atoms with Crippen molar-refractivity contribution in [2.24, 2.45) is 0 Å². The van der Waals surface area contributed by atoms with Crippen molar-refractivity contribution in [3.8, 4) is 12.5 Å². The number of allylic oxidation sites excluding steroid dienone is 11. The molecule has 2 aliphatic rings. The third-order valence-corrected chi connectivity index (χ3v) is 6.63. The SMILES string of the molecule is [B]C1=CC/C=C(/C2C(C(=O)C(/C=C\C)=C/C=C\C)=CC(OC(C)C)C(=O)CN2CCCN(C)/C=C\NC#C)CC=C1. The molecule has 7 heteroatoms. The molecule has 0 saturated heterocycles. The molecule has 1 heterocycles. The van der Waals surface area contributed by atoms with Crippen LogP contribution < -0.4 is 5.32 Å². The van der Waals surface area contributed by atoms with Gasteiger partial charge >= 0.3 is 0 Å². The highest BCUT2D eigenvalue weighted by atomic mass is 16.5. The molecule has 0 aromatic rings. The molecule has 0 bridgehead atoms. The molecule has 0 aromatic carbocycles. The molecule has 2 rings (SSSR count). The second-order valence-corrected chi connectivity index (χ2v) is 10.3. The quantitative estimate of drug-likeness (QED) is 0.0874. The van der Waals surface area contributed by atoms with E-state index in [1.807, 2.05) is 94.5 Å². The monoisotopic (exact) mass is 553 g/mol. The predicted molar refractivity (Wildman–Crippen MR) is 170 cm³/mol. The zero-order chi connectivity index (χ0) is 30.2. The molecule has 2 atom stereocenters. The third kappa shape index (κ3) is 11.1.